The first kappa shape index (κ1) is 69.2. The minimum absolute atomic E-state index is 0.257. The molecule has 4 bridgehead atoms. The van der Waals surface area contributed by atoms with Crippen molar-refractivity contribution in [3.8, 4) is 11.5 Å². The number of likely N-dealkylation sites (N-methyl/N-ethyl adjacent to an activating group) is 2. The fourth-order valence-corrected chi connectivity index (χ4v) is 19.0. The smallest absolute Gasteiger partial charge is 0.264 e. The monoisotopic (exact) mass is 1370 g/mol. The van der Waals surface area contributed by atoms with Crippen molar-refractivity contribution in [2.45, 2.75) is 138 Å². The molecule has 0 aromatic heterocycles. The summed E-state index contributed by atoms with van der Waals surface area (Å²) in [7, 11) is -1.95. The number of allylic oxidation sites excluding steroid dienone is 2. The third kappa shape index (κ3) is 14.3. The van der Waals surface area contributed by atoms with Gasteiger partial charge >= 0.3 is 0 Å². The van der Waals surface area contributed by atoms with E-state index >= 15 is 0 Å². The van der Waals surface area contributed by atoms with Crippen molar-refractivity contribution in [1.82, 2.24) is 20.1 Å². The summed E-state index contributed by atoms with van der Waals surface area (Å²) in [4.78, 5) is 57.6. The van der Waals surface area contributed by atoms with E-state index in [1.807, 2.05) is 26.0 Å². The molecule has 22 heteroatoms. The molecule has 94 heavy (non-hydrogen) atoms. The van der Waals surface area contributed by atoms with Gasteiger partial charge in [-0.25, -0.2) is 26.3 Å². The first-order chi connectivity index (χ1) is 44.9. The number of benzene rings is 4. The van der Waals surface area contributed by atoms with E-state index in [2.05, 4.69) is 78.4 Å². The van der Waals surface area contributed by atoms with Crippen LogP contribution in [0.4, 0.5) is 11.4 Å². The highest BCUT2D eigenvalue weighted by Crippen LogP contribution is 2.49. The minimum atomic E-state index is -4.05. The number of nitrogens with one attached hydrogen (secondary N) is 4. The zero-order valence-electron chi connectivity index (χ0n) is 55.3. The number of aryl methyl sites for hydroxylation is 2. The Labute approximate surface area is 565 Å². The molecule has 4 heterocycles. The number of nitrogens with zero attached hydrogens (tertiary/aromatic N) is 2. The van der Waals surface area contributed by atoms with Crippen LogP contribution in [0.15, 0.2) is 97.1 Å². The Balaban J connectivity index is 0.000000192. The lowest BCUT2D eigenvalue weighted by Crippen LogP contribution is -2.48. The van der Waals surface area contributed by atoms with Gasteiger partial charge in [-0.2, -0.15) is 0 Å². The van der Waals surface area contributed by atoms with E-state index in [9.17, 15) is 36.0 Å². The van der Waals surface area contributed by atoms with E-state index in [4.69, 9.17) is 42.1 Å². The van der Waals surface area contributed by atoms with Gasteiger partial charge in [0.2, 0.25) is 31.9 Å². The minimum Gasteiger partial charge on any atom is -0.490 e. The summed E-state index contributed by atoms with van der Waals surface area (Å²) < 4.78 is 83.3. The van der Waals surface area contributed by atoms with Gasteiger partial charge in [-0.3, -0.25) is 19.2 Å². The molecule has 0 unspecified atom stereocenters. The van der Waals surface area contributed by atoms with Crippen molar-refractivity contribution in [2.75, 3.05) is 77.5 Å². The molecular weight excluding hydrogens is 1280 g/mol. The molecule has 18 nitrogen and oxygen atoms in total. The van der Waals surface area contributed by atoms with Crippen molar-refractivity contribution in [3.63, 3.8) is 0 Å². The van der Waals surface area contributed by atoms with Crippen LogP contribution in [0.3, 0.4) is 0 Å². The molecule has 4 aromatic carbocycles. The highest BCUT2D eigenvalue weighted by Gasteiger charge is 2.47. The van der Waals surface area contributed by atoms with Crippen molar-refractivity contribution >= 4 is 78.3 Å². The van der Waals surface area contributed by atoms with Crippen molar-refractivity contribution in [1.29, 1.82) is 0 Å². The number of amides is 4. The van der Waals surface area contributed by atoms with Crippen LogP contribution in [0.5, 0.6) is 11.5 Å². The molecular formula is C72H92Cl2N6O12S2. The van der Waals surface area contributed by atoms with Gasteiger partial charge in [0, 0.05) is 98.3 Å². The average molecular weight is 1370 g/mol. The first-order valence-corrected chi connectivity index (χ1v) is 37.3. The van der Waals surface area contributed by atoms with E-state index in [1.54, 1.807) is 64.3 Å². The molecule has 4 aromatic rings. The van der Waals surface area contributed by atoms with E-state index in [1.165, 1.54) is 36.5 Å². The van der Waals surface area contributed by atoms with Gasteiger partial charge in [-0.15, -0.1) is 0 Å². The molecule has 2 saturated carbocycles. The van der Waals surface area contributed by atoms with Crippen LogP contribution < -0.4 is 39.4 Å². The maximum absolute atomic E-state index is 13.6. The predicted molar refractivity (Wildman–Crippen MR) is 367 cm³/mol. The van der Waals surface area contributed by atoms with E-state index < -0.39 is 54.6 Å². The molecule has 0 radical (unpaired) electrons. The van der Waals surface area contributed by atoms with Crippen LogP contribution in [0.25, 0.3) is 0 Å². The fraction of sp³-hybridized carbons (Fsp3) is 0.556. The quantitative estimate of drug-likeness (QED) is 0.132. The van der Waals surface area contributed by atoms with Gasteiger partial charge in [-0.1, -0.05) is 73.5 Å². The van der Waals surface area contributed by atoms with Crippen LogP contribution in [-0.4, -0.2) is 131 Å². The second-order valence-electron chi connectivity index (χ2n) is 28.0. The number of hydrogen-bond donors (Lipinski definition) is 4. The number of methoxy groups -OCH3 is 2. The summed E-state index contributed by atoms with van der Waals surface area (Å²) in [6, 6.07) is 22.8. The second kappa shape index (κ2) is 28.5. The van der Waals surface area contributed by atoms with Crippen molar-refractivity contribution in [2.24, 2.45) is 47.3 Å². The van der Waals surface area contributed by atoms with Crippen LogP contribution in [0.2, 0.25) is 10.0 Å². The zero-order chi connectivity index (χ0) is 67.0. The average Bonchev–Trinajstić information content (AvgIpc) is 1.49. The maximum Gasteiger partial charge on any atom is 0.264 e. The number of carbonyl (C=O) groups excluding carboxylic acids is 4. The van der Waals surface area contributed by atoms with Crippen LogP contribution in [0, 0.1) is 47.3 Å². The first-order valence-electron chi connectivity index (χ1n) is 33.5. The van der Waals surface area contributed by atoms with Gasteiger partial charge in [-0.05, 0) is 209 Å². The number of sulfonamides is 2. The van der Waals surface area contributed by atoms with Gasteiger partial charge in [0.15, 0.2) is 0 Å². The summed E-state index contributed by atoms with van der Waals surface area (Å²) in [5, 5.41) is 5.05. The van der Waals surface area contributed by atoms with Crippen molar-refractivity contribution < 1.29 is 55.0 Å². The normalized spacial score (nSPS) is 31.6. The summed E-state index contributed by atoms with van der Waals surface area (Å²) in [5.74, 6) is -0.649. The van der Waals surface area contributed by atoms with Crippen molar-refractivity contribution in [3.05, 3.63) is 141 Å². The Hall–Kier alpha value is -6.16. The third-order valence-corrected chi connectivity index (χ3v) is 26.6. The van der Waals surface area contributed by atoms with Crippen LogP contribution in [-0.2, 0) is 62.8 Å². The molecule has 508 valence electrons. The number of anilines is 2. The van der Waals surface area contributed by atoms with Gasteiger partial charge < -0.3 is 39.4 Å². The van der Waals surface area contributed by atoms with Gasteiger partial charge in [0.25, 0.3) is 11.8 Å². The highest BCUT2D eigenvalue weighted by molar-refractivity contribution is 7.91. The maximum atomic E-state index is 13.6. The number of hydrogen-bond acceptors (Lipinski definition) is 14. The number of fused-ring (bicyclic) bond motifs is 8. The number of rotatable bonds is 6. The van der Waals surface area contributed by atoms with E-state index in [0.29, 0.717) is 62.5 Å². The molecule has 12 rings (SSSR count). The summed E-state index contributed by atoms with van der Waals surface area (Å²) in [5.41, 5.74) is 6.61. The summed E-state index contributed by atoms with van der Waals surface area (Å²) >= 11 is 12.8. The number of ether oxygens (including phenoxy) is 4. The topological polar surface area (TPSA) is 228 Å². The lowest BCUT2D eigenvalue weighted by molar-refractivity contribution is -0.133. The van der Waals surface area contributed by atoms with E-state index in [0.717, 1.165) is 98.7 Å². The summed E-state index contributed by atoms with van der Waals surface area (Å²) in [6.07, 6.45) is 17.8. The van der Waals surface area contributed by atoms with E-state index in [-0.39, 0.29) is 69.3 Å². The Morgan fingerprint density at radius 1 is 0.585 bits per heavy atom. The lowest BCUT2D eigenvalue weighted by atomic mass is 9.69. The standard InChI is InChI=1S/2C36H46ClN3O6S/c2*1-22-16-26(33(45-4)35(42)38-3)9-7-24-8-10-28(24)19-40-20-36(15-5-6-25-17-29(37)12-13-30(25)36)21-46-32-14-11-27(18-31(32)40)34(41)39-47(43,44)23(22)2/h2*7,9,11-14,17-18,22-24,26,28,33H,5-6,8,10,15-16,19-21H2,1-4H3,(H,38,42)(H,39,41)/b2*9-7+/t22-,23+,24+,26+,28-,33+,36-;22-,23+,24+,26+,28-,33-,36-/m00/s1. The molecule has 4 aliphatic heterocycles. The summed E-state index contributed by atoms with van der Waals surface area (Å²) in [6.45, 7) is 10.8. The number of halogens is 2. The fourth-order valence-electron chi connectivity index (χ4n) is 16.1. The Kier molecular flexibility index (Phi) is 21.0. The van der Waals surface area contributed by atoms with Crippen LogP contribution in [0.1, 0.15) is 135 Å². The Morgan fingerprint density at radius 3 is 1.35 bits per heavy atom. The highest BCUT2D eigenvalue weighted by atomic mass is 35.5. The Morgan fingerprint density at radius 2 is 0.989 bits per heavy atom. The molecule has 14 atom stereocenters. The zero-order valence-corrected chi connectivity index (χ0v) is 58.4. The van der Waals surface area contributed by atoms with Gasteiger partial charge in [0.1, 0.15) is 23.7 Å². The molecule has 8 aliphatic rings. The SMILES string of the molecule is CNC(=O)[C@@H](OC)[C@@H]1/C=C/[C@@H]2CC[C@H]2CN2C[C@@]3(CCCc4cc(Cl)ccc43)COc3ccc(cc32)C(=O)NS(=O)(=O)[C@H](C)[C@@H](C)C1.CNC(=O)[C@H](OC)[C@@H]1/C=C/[C@@H]2CC[C@H]2CN2C[C@@]3(CCCc4cc(Cl)ccc43)COc3ccc(cc32)C(=O)NS(=O)(=O)[C@H](C)[C@@H](C)C1. The molecule has 4 amide bonds. The molecule has 2 fully saturated rings. The molecule has 0 saturated heterocycles. The molecule has 2 spiro atoms. The lowest BCUT2D eigenvalue weighted by Gasteiger charge is -2.44. The third-order valence-electron chi connectivity index (χ3n) is 22.3. The second-order valence-corrected chi connectivity index (χ2v) is 33.0. The molecule has 4 N–H and O–H groups in total. The molecule has 4 aliphatic carbocycles. The predicted octanol–water partition coefficient (Wildman–Crippen LogP) is 10.5. The Bertz CT molecular complexity index is 3570. The van der Waals surface area contributed by atoms with Crippen LogP contribution >= 0.6 is 23.2 Å². The number of carbonyl (C=O) groups is 4. The largest absolute Gasteiger partial charge is 0.490 e. The van der Waals surface area contributed by atoms with Gasteiger partial charge in [0.05, 0.1) is 35.1 Å².